The first kappa shape index (κ1) is 13.1. The van der Waals surface area contributed by atoms with Gasteiger partial charge in [0.15, 0.2) is 6.39 Å². The van der Waals surface area contributed by atoms with Crippen molar-refractivity contribution in [3.8, 4) is 11.3 Å². The van der Waals surface area contributed by atoms with E-state index >= 15 is 0 Å². The van der Waals surface area contributed by atoms with E-state index < -0.39 is 0 Å². The Labute approximate surface area is 122 Å². The van der Waals surface area contributed by atoms with Gasteiger partial charge < -0.3 is 9.73 Å². The summed E-state index contributed by atoms with van der Waals surface area (Å²) < 4.78 is 5.25. The topological polar surface area (TPSA) is 55.1 Å². The Morgan fingerprint density at radius 1 is 1.05 bits per heavy atom. The molecule has 0 bridgehead atoms. The number of aryl methyl sites for hydroxylation is 1. The zero-order valence-corrected chi connectivity index (χ0v) is 11.5. The highest BCUT2D eigenvalue weighted by molar-refractivity contribution is 6.05. The fourth-order valence-corrected chi connectivity index (χ4v) is 2.03. The lowest BCUT2D eigenvalue weighted by Crippen LogP contribution is -2.12. The maximum Gasteiger partial charge on any atom is 0.293 e. The van der Waals surface area contributed by atoms with Crippen molar-refractivity contribution < 1.29 is 9.21 Å². The van der Waals surface area contributed by atoms with Gasteiger partial charge in [0, 0.05) is 11.3 Å². The summed E-state index contributed by atoms with van der Waals surface area (Å²) in [7, 11) is 0. The number of amides is 1. The summed E-state index contributed by atoms with van der Waals surface area (Å²) in [5.74, 6) is -0.100. The molecule has 0 radical (unpaired) electrons. The number of rotatable bonds is 3. The molecule has 0 fully saturated rings. The van der Waals surface area contributed by atoms with Crippen LogP contribution in [0.15, 0.2) is 65.4 Å². The third-order valence-electron chi connectivity index (χ3n) is 3.13. The Bertz CT molecular complexity index is 746. The average molecular weight is 278 g/mol. The van der Waals surface area contributed by atoms with Gasteiger partial charge in [-0.15, -0.1) is 0 Å². The maximum atomic E-state index is 12.3. The Balaban J connectivity index is 1.86. The first-order valence-corrected chi connectivity index (χ1v) is 6.61. The highest BCUT2D eigenvalue weighted by Crippen LogP contribution is 2.22. The number of anilines is 1. The van der Waals surface area contributed by atoms with E-state index in [-0.39, 0.29) is 11.7 Å². The molecule has 0 aliphatic carbocycles. The SMILES string of the molecule is Cc1ccc(NC(=O)c2ocnc2-c2ccccc2)cc1. The van der Waals surface area contributed by atoms with E-state index in [4.69, 9.17) is 4.42 Å². The van der Waals surface area contributed by atoms with E-state index in [1.54, 1.807) is 0 Å². The summed E-state index contributed by atoms with van der Waals surface area (Å²) >= 11 is 0. The number of carbonyl (C=O) groups is 1. The van der Waals surface area contributed by atoms with Crippen LogP contribution in [0.2, 0.25) is 0 Å². The van der Waals surface area contributed by atoms with E-state index in [1.165, 1.54) is 6.39 Å². The highest BCUT2D eigenvalue weighted by atomic mass is 16.3. The van der Waals surface area contributed by atoms with E-state index in [1.807, 2.05) is 61.5 Å². The van der Waals surface area contributed by atoms with Crippen molar-refractivity contribution >= 4 is 11.6 Å². The van der Waals surface area contributed by atoms with Gasteiger partial charge in [-0.25, -0.2) is 4.98 Å². The van der Waals surface area contributed by atoms with Gasteiger partial charge in [0.05, 0.1) is 0 Å². The zero-order valence-electron chi connectivity index (χ0n) is 11.5. The van der Waals surface area contributed by atoms with Crippen LogP contribution in [0.4, 0.5) is 5.69 Å². The van der Waals surface area contributed by atoms with E-state index in [0.29, 0.717) is 5.69 Å². The summed E-state index contributed by atoms with van der Waals surface area (Å²) in [6, 6.07) is 17.1. The fourth-order valence-electron chi connectivity index (χ4n) is 2.03. The van der Waals surface area contributed by atoms with Crippen LogP contribution >= 0.6 is 0 Å². The molecule has 4 nitrogen and oxygen atoms in total. The lowest BCUT2D eigenvalue weighted by Gasteiger charge is -2.05. The number of nitrogens with zero attached hydrogens (tertiary/aromatic N) is 1. The molecule has 0 saturated heterocycles. The van der Waals surface area contributed by atoms with Crippen LogP contribution in [0.5, 0.6) is 0 Å². The third kappa shape index (κ3) is 2.84. The Morgan fingerprint density at radius 2 is 1.76 bits per heavy atom. The molecule has 21 heavy (non-hydrogen) atoms. The standard InChI is InChI=1S/C17H14N2O2/c1-12-7-9-14(10-8-12)19-17(20)16-15(18-11-21-16)13-5-3-2-4-6-13/h2-11H,1H3,(H,19,20). The monoisotopic (exact) mass is 278 g/mol. The zero-order chi connectivity index (χ0) is 14.7. The minimum atomic E-state index is -0.310. The summed E-state index contributed by atoms with van der Waals surface area (Å²) in [6.45, 7) is 2.00. The van der Waals surface area contributed by atoms with Crippen molar-refractivity contribution in [3.63, 3.8) is 0 Å². The van der Waals surface area contributed by atoms with Gasteiger partial charge in [0.1, 0.15) is 5.69 Å². The number of oxazole rings is 1. The van der Waals surface area contributed by atoms with E-state index in [2.05, 4.69) is 10.3 Å². The van der Waals surface area contributed by atoms with Gasteiger partial charge in [-0.1, -0.05) is 48.0 Å². The summed E-state index contributed by atoms with van der Waals surface area (Å²) in [5, 5.41) is 2.81. The molecule has 3 rings (SSSR count). The van der Waals surface area contributed by atoms with Crippen molar-refractivity contribution in [2.45, 2.75) is 6.92 Å². The van der Waals surface area contributed by atoms with Gasteiger partial charge in [-0.3, -0.25) is 4.79 Å². The molecule has 0 atom stereocenters. The van der Waals surface area contributed by atoms with Crippen LogP contribution < -0.4 is 5.32 Å². The van der Waals surface area contributed by atoms with Crippen LogP contribution in [0.25, 0.3) is 11.3 Å². The molecule has 0 unspecified atom stereocenters. The molecule has 0 aliphatic heterocycles. The molecule has 2 aromatic carbocycles. The van der Waals surface area contributed by atoms with E-state index in [9.17, 15) is 4.79 Å². The fraction of sp³-hybridized carbons (Fsp3) is 0.0588. The first-order valence-electron chi connectivity index (χ1n) is 6.61. The summed E-state index contributed by atoms with van der Waals surface area (Å²) in [4.78, 5) is 16.4. The van der Waals surface area contributed by atoms with Gasteiger partial charge >= 0.3 is 0 Å². The molecular formula is C17H14N2O2. The molecule has 4 heteroatoms. The molecule has 104 valence electrons. The van der Waals surface area contributed by atoms with Gasteiger partial charge in [0.25, 0.3) is 5.91 Å². The second kappa shape index (κ2) is 5.63. The van der Waals surface area contributed by atoms with Crippen LogP contribution in [-0.4, -0.2) is 10.9 Å². The summed E-state index contributed by atoms with van der Waals surface area (Å²) in [6.07, 6.45) is 1.28. The largest absolute Gasteiger partial charge is 0.438 e. The average Bonchev–Trinajstić information content (AvgIpc) is 3.00. The highest BCUT2D eigenvalue weighted by Gasteiger charge is 2.18. The normalized spacial score (nSPS) is 10.3. The maximum absolute atomic E-state index is 12.3. The lowest BCUT2D eigenvalue weighted by atomic mass is 10.1. The van der Waals surface area contributed by atoms with Crippen molar-refractivity contribution in [1.82, 2.24) is 4.98 Å². The molecule has 0 aliphatic rings. The third-order valence-corrected chi connectivity index (χ3v) is 3.13. The number of benzene rings is 2. The first-order chi connectivity index (χ1) is 10.2. The van der Waals surface area contributed by atoms with Crippen molar-refractivity contribution in [3.05, 3.63) is 72.3 Å². The van der Waals surface area contributed by atoms with E-state index in [0.717, 1.165) is 16.8 Å². The van der Waals surface area contributed by atoms with Crippen LogP contribution in [0, 0.1) is 6.92 Å². The van der Waals surface area contributed by atoms with Crippen molar-refractivity contribution in [1.29, 1.82) is 0 Å². The number of aromatic nitrogens is 1. The Kier molecular flexibility index (Phi) is 3.51. The number of hydrogen-bond acceptors (Lipinski definition) is 3. The molecular weight excluding hydrogens is 264 g/mol. The molecule has 1 heterocycles. The minimum Gasteiger partial charge on any atom is -0.438 e. The van der Waals surface area contributed by atoms with Gasteiger partial charge in [0.2, 0.25) is 5.76 Å². The molecule has 0 spiro atoms. The predicted molar refractivity (Wildman–Crippen MR) is 81.1 cm³/mol. The second-order valence-electron chi connectivity index (χ2n) is 4.72. The van der Waals surface area contributed by atoms with Gasteiger partial charge in [-0.05, 0) is 19.1 Å². The van der Waals surface area contributed by atoms with Crippen molar-refractivity contribution in [2.75, 3.05) is 5.32 Å². The minimum absolute atomic E-state index is 0.210. The number of carbonyl (C=O) groups excluding carboxylic acids is 1. The van der Waals surface area contributed by atoms with Crippen LogP contribution in [0.1, 0.15) is 16.1 Å². The quantitative estimate of drug-likeness (QED) is 0.790. The van der Waals surface area contributed by atoms with Crippen LogP contribution in [0.3, 0.4) is 0 Å². The smallest absolute Gasteiger partial charge is 0.293 e. The lowest BCUT2D eigenvalue weighted by molar-refractivity contribution is 0.0997. The summed E-state index contributed by atoms with van der Waals surface area (Å²) in [5.41, 5.74) is 3.25. The predicted octanol–water partition coefficient (Wildman–Crippen LogP) is 3.90. The molecule has 1 aromatic heterocycles. The Hall–Kier alpha value is -2.88. The van der Waals surface area contributed by atoms with Gasteiger partial charge in [-0.2, -0.15) is 0 Å². The Morgan fingerprint density at radius 3 is 2.48 bits per heavy atom. The second-order valence-corrected chi connectivity index (χ2v) is 4.72. The molecule has 1 N–H and O–H groups in total. The molecule has 0 saturated carbocycles. The molecule has 3 aromatic rings. The number of hydrogen-bond donors (Lipinski definition) is 1. The van der Waals surface area contributed by atoms with Crippen molar-refractivity contribution in [2.24, 2.45) is 0 Å². The number of nitrogens with one attached hydrogen (secondary N) is 1. The molecule has 1 amide bonds. The van der Waals surface area contributed by atoms with Crippen LogP contribution in [-0.2, 0) is 0 Å².